The summed E-state index contributed by atoms with van der Waals surface area (Å²) >= 11 is 0. The molecule has 0 atom stereocenters. The number of hydrogen-bond donors (Lipinski definition) is 0. The van der Waals surface area contributed by atoms with Gasteiger partial charge < -0.3 is 14.7 Å². The van der Waals surface area contributed by atoms with Crippen LogP contribution in [0.1, 0.15) is 58.8 Å². The molecule has 2 rings (SSSR count). The van der Waals surface area contributed by atoms with E-state index in [1.165, 1.54) is 32.1 Å². The number of hydrogen-bond acceptors (Lipinski definition) is 2. The van der Waals surface area contributed by atoms with E-state index in [0.29, 0.717) is 32.6 Å². The van der Waals surface area contributed by atoms with Gasteiger partial charge in [0.1, 0.15) is 0 Å². The van der Waals surface area contributed by atoms with Crippen molar-refractivity contribution in [2.45, 2.75) is 58.8 Å². The van der Waals surface area contributed by atoms with Crippen molar-refractivity contribution in [2.75, 3.05) is 39.3 Å². The molecule has 132 valence electrons. The zero-order valence-corrected chi connectivity index (χ0v) is 14.9. The van der Waals surface area contributed by atoms with E-state index in [4.69, 9.17) is 0 Å². The molecule has 0 aromatic carbocycles. The molecular formula is C18H33N3O2. The average Bonchev–Trinajstić information content (AvgIpc) is 2.61. The van der Waals surface area contributed by atoms with Gasteiger partial charge >= 0.3 is 6.03 Å². The molecule has 23 heavy (non-hydrogen) atoms. The van der Waals surface area contributed by atoms with E-state index in [-0.39, 0.29) is 11.9 Å². The summed E-state index contributed by atoms with van der Waals surface area (Å²) in [4.78, 5) is 30.4. The Morgan fingerprint density at radius 1 is 0.913 bits per heavy atom. The van der Waals surface area contributed by atoms with Crippen LogP contribution in [0.3, 0.4) is 0 Å². The van der Waals surface area contributed by atoms with E-state index >= 15 is 0 Å². The Morgan fingerprint density at radius 2 is 1.48 bits per heavy atom. The SMILES string of the molecule is CCN(CC)C(=O)N1CCN(C(=O)CCC2CCCCC2)CC1. The number of piperazine rings is 1. The average molecular weight is 323 g/mol. The van der Waals surface area contributed by atoms with Crippen LogP contribution in [0.5, 0.6) is 0 Å². The lowest BCUT2D eigenvalue weighted by atomic mass is 9.86. The van der Waals surface area contributed by atoms with Crippen LogP contribution in [-0.2, 0) is 4.79 Å². The minimum Gasteiger partial charge on any atom is -0.339 e. The smallest absolute Gasteiger partial charge is 0.320 e. The van der Waals surface area contributed by atoms with Gasteiger partial charge in [-0.15, -0.1) is 0 Å². The van der Waals surface area contributed by atoms with Crippen LogP contribution in [0.4, 0.5) is 4.79 Å². The Hall–Kier alpha value is -1.26. The zero-order valence-electron chi connectivity index (χ0n) is 14.9. The van der Waals surface area contributed by atoms with E-state index in [1.807, 2.05) is 28.5 Å². The van der Waals surface area contributed by atoms with E-state index in [9.17, 15) is 9.59 Å². The van der Waals surface area contributed by atoms with Crippen LogP contribution in [-0.4, -0.2) is 65.9 Å². The Balaban J connectivity index is 1.70. The van der Waals surface area contributed by atoms with Gasteiger partial charge in [-0.3, -0.25) is 4.79 Å². The highest BCUT2D eigenvalue weighted by Crippen LogP contribution is 2.27. The lowest BCUT2D eigenvalue weighted by Crippen LogP contribution is -2.54. The second kappa shape index (κ2) is 9.14. The third-order valence-electron chi connectivity index (χ3n) is 5.43. The summed E-state index contributed by atoms with van der Waals surface area (Å²) in [5.41, 5.74) is 0. The standard InChI is InChI=1S/C18H33N3O2/c1-3-19(4-2)18(23)21-14-12-20(13-15-21)17(22)11-10-16-8-6-5-7-9-16/h16H,3-15H2,1-2H3. The monoisotopic (exact) mass is 323 g/mol. The molecule has 0 N–H and O–H groups in total. The lowest BCUT2D eigenvalue weighted by Gasteiger charge is -2.37. The number of carbonyl (C=O) groups is 2. The van der Waals surface area contributed by atoms with Crippen molar-refractivity contribution in [1.82, 2.24) is 14.7 Å². The summed E-state index contributed by atoms with van der Waals surface area (Å²) in [5, 5.41) is 0. The summed E-state index contributed by atoms with van der Waals surface area (Å²) in [6.45, 7) is 8.23. The number of urea groups is 1. The first-order valence-corrected chi connectivity index (χ1v) is 9.47. The molecule has 1 saturated carbocycles. The second-order valence-corrected chi connectivity index (χ2v) is 6.87. The maximum absolute atomic E-state index is 12.4. The van der Waals surface area contributed by atoms with Crippen molar-refractivity contribution >= 4 is 11.9 Å². The maximum Gasteiger partial charge on any atom is 0.320 e. The van der Waals surface area contributed by atoms with Crippen molar-refractivity contribution in [3.05, 3.63) is 0 Å². The minimum atomic E-state index is 0.115. The first kappa shape index (κ1) is 18.1. The Bertz CT molecular complexity index is 382. The first-order chi connectivity index (χ1) is 11.2. The normalized spacial score (nSPS) is 19.7. The fraction of sp³-hybridized carbons (Fsp3) is 0.889. The van der Waals surface area contributed by atoms with Crippen LogP contribution in [0, 0.1) is 5.92 Å². The summed E-state index contributed by atoms with van der Waals surface area (Å²) in [7, 11) is 0. The van der Waals surface area contributed by atoms with Crippen molar-refractivity contribution in [2.24, 2.45) is 5.92 Å². The van der Waals surface area contributed by atoms with Crippen LogP contribution >= 0.6 is 0 Å². The molecular weight excluding hydrogens is 290 g/mol. The quantitative estimate of drug-likeness (QED) is 0.781. The fourth-order valence-corrected chi connectivity index (χ4v) is 3.80. The number of amides is 3. The molecule has 2 aliphatic rings. The van der Waals surface area contributed by atoms with Crippen molar-refractivity contribution < 1.29 is 9.59 Å². The molecule has 0 bridgehead atoms. The molecule has 5 heteroatoms. The molecule has 5 nitrogen and oxygen atoms in total. The van der Waals surface area contributed by atoms with Gasteiger partial charge in [-0.25, -0.2) is 4.79 Å². The predicted molar refractivity (Wildman–Crippen MR) is 92.3 cm³/mol. The second-order valence-electron chi connectivity index (χ2n) is 6.87. The molecule has 3 amide bonds. The fourth-order valence-electron chi connectivity index (χ4n) is 3.80. The summed E-state index contributed by atoms with van der Waals surface area (Å²) < 4.78 is 0. The summed E-state index contributed by atoms with van der Waals surface area (Å²) in [6.07, 6.45) is 8.40. The summed E-state index contributed by atoms with van der Waals surface area (Å²) in [6, 6.07) is 0.115. The van der Waals surface area contributed by atoms with Gasteiger partial charge in [0.25, 0.3) is 0 Å². The lowest BCUT2D eigenvalue weighted by molar-refractivity contribution is -0.133. The van der Waals surface area contributed by atoms with E-state index in [2.05, 4.69) is 0 Å². The van der Waals surface area contributed by atoms with Gasteiger partial charge in [-0.2, -0.15) is 0 Å². The molecule has 0 unspecified atom stereocenters. The highest BCUT2D eigenvalue weighted by atomic mass is 16.2. The van der Waals surface area contributed by atoms with Gasteiger partial charge in [0, 0.05) is 45.7 Å². The Labute approximate surface area is 141 Å². The molecule has 1 saturated heterocycles. The van der Waals surface area contributed by atoms with E-state index < -0.39 is 0 Å². The first-order valence-electron chi connectivity index (χ1n) is 9.47. The summed E-state index contributed by atoms with van der Waals surface area (Å²) in [5.74, 6) is 1.05. The van der Waals surface area contributed by atoms with Gasteiger partial charge in [0.05, 0.1) is 0 Å². The molecule has 0 aromatic rings. The topological polar surface area (TPSA) is 43.9 Å². The van der Waals surface area contributed by atoms with Crippen LogP contribution in [0.2, 0.25) is 0 Å². The third-order valence-corrected chi connectivity index (χ3v) is 5.43. The number of rotatable bonds is 5. The highest BCUT2D eigenvalue weighted by molar-refractivity contribution is 5.77. The molecule has 0 spiro atoms. The predicted octanol–water partition coefficient (Wildman–Crippen LogP) is 2.95. The van der Waals surface area contributed by atoms with Crippen molar-refractivity contribution in [3.8, 4) is 0 Å². The van der Waals surface area contributed by atoms with Gasteiger partial charge in [0.15, 0.2) is 0 Å². The third kappa shape index (κ3) is 5.11. The van der Waals surface area contributed by atoms with Crippen molar-refractivity contribution in [1.29, 1.82) is 0 Å². The number of carbonyl (C=O) groups excluding carboxylic acids is 2. The molecule has 0 aromatic heterocycles. The van der Waals surface area contributed by atoms with Crippen molar-refractivity contribution in [3.63, 3.8) is 0 Å². The van der Waals surface area contributed by atoms with Gasteiger partial charge in [0.2, 0.25) is 5.91 Å². The van der Waals surface area contributed by atoms with Gasteiger partial charge in [-0.1, -0.05) is 32.1 Å². The molecule has 1 heterocycles. The van der Waals surface area contributed by atoms with E-state index in [0.717, 1.165) is 25.4 Å². The van der Waals surface area contributed by atoms with Crippen LogP contribution in [0.25, 0.3) is 0 Å². The molecule has 0 radical (unpaired) electrons. The van der Waals surface area contributed by atoms with Crippen LogP contribution in [0.15, 0.2) is 0 Å². The van der Waals surface area contributed by atoms with E-state index in [1.54, 1.807) is 0 Å². The molecule has 1 aliphatic heterocycles. The zero-order chi connectivity index (χ0) is 16.7. The van der Waals surface area contributed by atoms with Gasteiger partial charge in [-0.05, 0) is 26.2 Å². The maximum atomic E-state index is 12.4. The highest BCUT2D eigenvalue weighted by Gasteiger charge is 2.26. The largest absolute Gasteiger partial charge is 0.339 e. The molecule has 2 fully saturated rings. The number of nitrogens with zero attached hydrogens (tertiary/aromatic N) is 3. The Morgan fingerprint density at radius 3 is 2.04 bits per heavy atom. The Kier molecular flexibility index (Phi) is 7.18. The minimum absolute atomic E-state index is 0.115. The molecule has 1 aliphatic carbocycles. The van der Waals surface area contributed by atoms with Crippen LogP contribution < -0.4 is 0 Å².